The van der Waals surface area contributed by atoms with E-state index in [9.17, 15) is 4.79 Å². The largest absolute Gasteiger partial charge is 0.336 e. The normalized spacial score (nSPS) is 15.9. The summed E-state index contributed by atoms with van der Waals surface area (Å²) in [6.07, 6.45) is 6.79. The second-order valence-electron chi connectivity index (χ2n) is 5.88. The van der Waals surface area contributed by atoms with Crippen molar-refractivity contribution in [3.05, 3.63) is 48.8 Å². The summed E-state index contributed by atoms with van der Waals surface area (Å²) < 4.78 is 3.57. The van der Waals surface area contributed by atoms with Gasteiger partial charge in [0, 0.05) is 38.9 Å². The van der Waals surface area contributed by atoms with E-state index in [1.165, 1.54) is 0 Å². The molecule has 0 aliphatic carbocycles. The summed E-state index contributed by atoms with van der Waals surface area (Å²) in [6.45, 7) is 4.96. The van der Waals surface area contributed by atoms with Crippen molar-refractivity contribution in [1.82, 2.24) is 34.2 Å². The lowest BCUT2D eigenvalue weighted by Gasteiger charge is -2.34. The van der Waals surface area contributed by atoms with Crippen molar-refractivity contribution in [2.24, 2.45) is 0 Å². The van der Waals surface area contributed by atoms with E-state index in [-0.39, 0.29) is 5.91 Å². The summed E-state index contributed by atoms with van der Waals surface area (Å²) in [6, 6.07) is 5.76. The maximum absolute atomic E-state index is 12.8. The van der Waals surface area contributed by atoms with Gasteiger partial charge in [-0.2, -0.15) is 10.2 Å². The number of rotatable bonds is 4. The lowest BCUT2D eigenvalue weighted by molar-refractivity contribution is 0.0634. The molecule has 0 bridgehead atoms. The van der Waals surface area contributed by atoms with Gasteiger partial charge in [-0.05, 0) is 12.1 Å². The molecular formula is C16H19N7O. The first kappa shape index (κ1) is 14.8. The molecule has 0 spiro atoms. The summed E-state index contributed by atoms with van der Waals surface area (Å²) in [7, 11) is 0. The van der Waals surface area contributed by atoms with E-state index in [0.29, 0.717) is 5.56 Å². The molecule has 4 heterocycles. The molecule has 1 aliphatic rings. The Kier molecular flexibility index (Phi) is 3.96. The van der Waals surface area contributed by atoms with Crippen LogP contribution in [-0.4, -0.2) is 72.8 Å². The van der Waals surface area contributed by atoms with Crippen LogP contribution in [0.1, 0.15) is 10.4 Å². The first-order chi connectivity index (χ1) is 11.8. The van der Waals surface area contributed by atoms with Gasteiger partial charge >= 0.3 is 0 Å². The number of piperazine rings is 1. The van der Waals surface area contributed by atoms with Crippen LogP contribution in [0.25, 0.3) is 5.52 Å². The van der Waals surface area contributed by atoms with Crippen LogP contribution in [-0.2, 0) is 6.54 Å². The maximum Gasteiger partial charge on any atom is 0.257 e. The number of aromatic nitrogens is 5. The summed E-state index contributed by atoms with van der Waals surface area (Å²) in [4.78, 5) is 21.0. The summed E-state index contributed by atoms with van der Waals surface area (Å²) in [5.74, 6) is 0.0622. The number of amides is 1. The van der Waals surface area contributed by atoms with E-state index in [1.807, 2.05) is 34.0 Å². The molecule has 0 radical (unpaired) electrons. The molecule has 1 saturated heterocycles. The fourth-order valence-electron chi connectivity index (χ4n) is 3.04. The third-order valence-corrected chi connectivity index (χ3v) is 4.43. The molecule has 8 heteroatoms. The molecule has 1 aliphatic heterocycles. The van der Waals surface area contributed by atoms with Crippen LogP contribution in [0.3, 0.4) is 0 Å². The second-order valence-corrected chi connectivity index (χ2v) is 5.88. The Hall–Kier alpha value is -2.74. The van der Waals surface area contributed by atoms with Gasteiger partial charge in [0.05, 0.1) is 23.8 Å². The first-order valence-electron chi connectivity index (χ1n) is 8.08. The Bertz CT molecular complexity index is 818. The standard InChI is InChI=1S/C16H19N7O/c24-16(14-11-18-23-4-2-1-3-15(14)23)21-8-5-20(6-9-21)7-10-22-13-17-12-19-22/h1-4,11-13H,5-10H2. The molecule has 0 N–H and O–H groups in total. The highest BCUT2D eigenvalue weighted by atomic mass is 16.2. The zero-order valence-corrected chi connectivity index (χ0v) is 13.3. The van der Waals surface area contributed by atoms with Crippen molar-refractivity contribution < 1.29 is 4.79 Å². The van der Waals surface area contributed by atoms with Crippen LogP contribution < -0.4 is 0 Å². The SMILES string of the molecule is O=C(c1cnn2ccccc12)N1CCN(CCn2cncn2)CC1. The average molecular weight is 325 g/mol. The molecule has 8 nitrogen and oxygen atoms in total. The van der Waals surface area contributed by atoms with Crippen molar-refractivity contribution in [1.29, 1.82) is 0 Å². The molecule has 1 fully saturated rings. The Morgan fingerprint density at radius 3 is 2.75 bits per heavy atom. The molecule has 4 rings (SSSR count). The average Bonchev–Trinajstić information content (AvgIpc) is 3.29. The number of nitrogens with zero attached hydrogens (tertiary/aromatic N) is 7. The molecule has 0 atom stereocenters. The fourth-order valence-corrected chi connectivity index (χ4v) is 3.04. The quantitative estimate of drug-likeness (QED) is 0.694. The third-order valence-electron chi connectivity index (χ3n) is 4.43. The monoisotopic (exact) mass is 325 g/mol. The minimum atomic E-state index is 0.0622. The Balaban J connectivity index is 1.36. The van der Waals surface area contributed by atoms with Crippen LogP contribution in [0.4, 0.5) is 0 Å². The van der Waals surface area contributed by atoms with Crippen molar-refractivity contribution in [2.45, 2.75) is 6.54 Å². The van der Waals surface area contributed by atoms with Gasteiger partial charge in [-0.25, -0.2) is 9.50 Å². The van der Waals surface area contributed by atoms with E-state index in [2.05, 4.69) is 20.1 Å². The molecule has 0 saturated carbocycles. The van der Waals surface area contributed by atoms with Crippen molar-refractivity contribution in [3.8, 4) is 0 Å². The number of fused-ring (bicyclic) bond motifs is 1. The predicted molar refractivity (Wildman–Crippen MR) is 87.6 cm³/mol. The van der Waals surface area contributed by atoms with Gasteiger partial charge in [0.2, 0.25) is 0 Å². The molecule has 24 heavy (non-hydrogen) atoms. The fraction of sp³-hybridized carbons (Fsp3) is 0.375. The van der Waals surface area contributed by atoms with Gasteiger partial charge in [0.25, 0.3) is 5.91 Å². The minimum absolute atomic E-state index is 0.0622. The smallest absolute Gasteiger partial charge is 0.257 e. The highest BCUT2D eigenvalue weighted by Gasteiger charge is 2.24. The molecule has 124 valence electrons. The van der Waals surface area contributed by atoms with Crippen molar-refractivity contribution in [3.63, 3.8) is 0 Å². The lowest BCUT2D eigenvalue weighted by atomic mass is 10.2. The highest BCUT2D eigenvalue weighted by molar-refractivity contribution is 6.00. The molecule has 1 amide bonds. The third kappa shape index (κ3) is 2.88. The maximum atomic E-state index is 12.8. The Morgan fingerprint density at radius 2 is 1.96 bits per heavy atom. The molecule has 3 aromatic rings. The summed E-state index contributed by atoms with van der Waals surface area (Å²) >= 11 is 0. The van der Waals surface area contributed by atoms with Crippen LogP contribution in [0.15, 0.2) is 43.2 Å². The van der Waals surface area contributed by atoms with Gasteiger partial charge in [-0.3, -0.25) is 14.4 Å². The zero-order chi connectivity index (χ0) is 16.4. The van der Waals surface area contributed by atoms with Crippen LogP contribution in [0, 0.1) is 0 Å². The van der Waals surface area contributed by atoms with E-state index in [0.717, 1.165) is 44.8 Å². The van der Waals surface area contributed by atoms with Gasteiger partial charge in [0.1, 0.15) is 12.7 Å². The molecule has 0 unspecified atom stereocenters. The minimum Gasteiger partial charge on any atom is -0.336 e. The topological polar surface area (TPSA) is 71.6 Å². The summed E-state index contributed by atoms with van der Waals surface area (Å²) in [5, 5.41) is 8.36. The van der Waals surface area contributed by atoms with Crippen molar-refractivity contribution in [2.75, 3.05) is 32.7 Å². The lowest BCUT2D eigenvalue weighted by Crippen LogP contribution is -2.49. The van der Waals surface area contributed by atoms with E-state index in [1.54, 1.807) is 23.4 Å². The second kappa shape index (κ2) is 6.40. The van der Waals surface area contributed by atoms with E-state index in [4.69, 9.17) is 0 Å². The molecule has 3 aromatic heterocycles. The predicted octanol–water partition coefficient (Wildman–Crippen LogP) is 0.384. The van der Waals surface area contributed by atoms with Gasteiger partial charge in [0.15, 0.2) is 0 Å². The van der Waals surface area contributed by atoms with Gasteiger partial charge in [-0.15, -0.1) is 0 Å². The molecule has 0 aromatic carbocycles. The number of hydrogen-bond acceptors (Lipinski definition) is 5. The van der Waals surface area contributed by atoms with Crippen LogP contribution in [0.2, 0.25) is 0 Å². The van der Waals surface area contributed by atoms with E-state index < -0.39 is 0 Å². The van der Waals surface area contributed by atoms with Crippen LogP contribution >= 0.6 is 0 Å². The highest BCUT2D eigenvalue weighted by Crippen LogP contribution is 2.14. The van der Waals surface area contributed by atoms with E-state index >= 15 is 0 Å². The number of pyridine rings is 1. The molecular weight excluding hydrogens is 306 g/mol. The van der Waals surface area contributed by atoms with Crippen LogP contribution in [0.5, 0.6) is 0 Å². The van der Waals surface area contributed by atoms with Gasteiger partial charge in [-0.1, -0.05) is 6.07 Å². The Labute approximate surface area is 139 Å². The number of carbonyl (C=O) groups is 1. The van der Waals surface area contributed by atoms with Crippen molar-refractivity contribution >= 4 is 11.4 Å². The zero-order valence-electron chi connectivity index (χ0n) is 13.3. The first-order valence-corrected chi connectivity index (χ1v) is 8.08. The summed E-state index contributed by atoms with van der Waals surface area (Å²) in [5.41, 5.74) is 1.53. The number of carbonyl (C=O) groups excluding carboxylic acids is 1. The Morgan fingerprint density at radius 1 is 1.08 bits per heavy atom. The van der Waals surface area contributed by atoms with Gasteiger partial charge < -0.3 is 4.90 Å². The number of hydrogen-bond donors (Lipinski definition) is 0.